The third-order valence-corrected chi connectivity index (χ3v) is 4.17. The van der Waals surface area contributed by atoms with E-state index in [1.54, 1.807) is 0 Å². The Labute approximate surface area is 82.0 Å². The topological polar surface area (TPSA) is 77.8 Å². The molecule has 0 aromatic rings. The lowest BCUT2D eigenvalue weighted by molar-refractivity contribution is 0.0572. The maximum Gasteiger partial charge on any atom is 0.215 e. The van der Waals surface area contributed by atoms with Crippen molar-refractivity contribution in [3.63, 3.8) is 0 Å². The summed E-state index contributed by atoms with van der Waals surface area (Å²) in [6.45, 7) is -0.0826. The summed E-state index contributed by atoms with van der Waals surface area (Å²) < 4.78 is 23.7. The molecule has 1 aliphatic rings. The van der Waals surface area contributed by atoms with E-state index in [-0.39, 0.29) is 24.7 Å². The highest BCUT2D eigenvalue weighted by Crippen LogP contribution is 2.14. The molecule has 0 spiro atoms. The molecule has 1 heterocycles. The Hall–Kier alpha value is 0.120. The molecular formula is C6H12ClNO4S. The Bertz CT molecular complexity index is 258. The van der Waals surface area contributed by atoms with Gasteiger partial charge in [-0.15, -0.1) is 11.6 Å². The molecule has 0 unspecified atom stereocenters. The van der Waals surface area contributed by atoms with E-state index in [0.717, 1.165) is 4.31 Å². The molecule has 0 saturated carbocycles. The van der Waals surface area contributed by atoms with Crippen LogP contribution in [0.25, 0.3) is 0 Å². The van der Waals surface area contributed by atoms with Crippen LogP contribution in [0.15, 0.2) is 0 Å². The number of hydrogen-bond donors (Lipinski definition) is 2. The summed E-state index contributed by atoms with van der Waals surface area (Å²) in [5.41, 5.74) is 0. The Kier molecular flexibility index (Phi) is 3.53. The summed E-state index contributed by atoms with van der Waals surface area (Å²) in [4.78, 5) is 0. The van der Waals surface area contributed by atoms with Crippen LogP contribution in [-0.2, 0) is 10.0 Å². The molecule has 1 aliphatic heterocycles. The van der Waals surface area contributed by atoms with Crippen LogP contribution in [0.1, 0.15) is 0 Å². The van der Waals surface area contributed by atoms with Crippen molar-refractivity contribution in [2.75, 3.05) is 24.7 Å². The Balaban J connectivity index is 2.65. The van der Waals surface area contributed by atoms with Crippen molar-refractivity contribution in [2.45, 2.75) is 12.2 Å². The van der Waals surface area contributed by atoms with Crippen molar-refractivity contribution < 1.29 is 18.6 Å². The summed E-state index contributed by atoms with van der Waals surface area (Å²) in [6.07, 6.45) is -1.96. The van der Waals surface area contributed by atoms with Gasteiger partial charge < -0.3 is 10.2 Å². The van der Waals surface area contributed by atoms with Gasteiger partial charge in [0.25, 0.3) is 0 Å². The van der Waals surface area contributed by atoms with Gasteiger partial charge in [0.2, 0.25) is 10.0 Å². The van der Waals surface area contributed by atoms with Crippen LogP contribution in [0.3, 0.4) is 0 Å². The van der Waals surface area contributed by atoms with Crippen LogP contribution in [-0.4, -0.2) is 59.9 Å². The molecule has 1 rings (SSSR count). The van der Waals surface area contributed by atoms with Gasteiger partial charge in [0.1, 0.15) is 0 Å². The van der Waals surface area contributed by atoms with E-state index < -0.39 is 22.2 Å². The Morgan fingerprint density at radius 1 is 1.31 bits per heavy atom. The number of rotatable bonds is 3. The molecule has 1 fully saturated rings. The summed E-state index contributed by atoms with van der Waals surface area (Å²) >= 11 is 5.31. The fourth-order valence-electron chi connectivity index (χ4n) is 1.19. The lowest BCUT2D eigenvalue weighted by atomic mass is 10.3. The quantitative estimate of drug-likeness (QED) is 0.583. The van der Waals surface area contributed by atoms with E-state index in [4.69, 9.17) is 21.8 Å². The van der Waals surface area contributed by atoms with Crippen molar-refractivity contribution in [3.05, 3.63) is 0 Å². The smallest absolute Gasteiger partial charge is 0.215 e. The first-order valence-electron chi connectivity index (χ1n) is 3.87. The van der Waals surface area contributed by atoms with Crippen LogP contribution < -0.4 is 0 Å². The fourth-order valence-corrected chi connectivity index (χ4v) is 2.99. The minimum absolute atomic E-state index is 0.0189. The van der Waals surface area contributed by atoms with Crippen molar-refractivity contribution in [1.82, 2.24) is 4.31 Å². The number of aliphatic hydroxyl groups is 2. The molecule has 13 heavy (non-hydrogen) atoms. The number of alkyl halides is 1. The minimum atomic E-state index is -3.39. The summed E-state index contributed by atoms with van der Waals surface area (Å²) in [7, 11) is -3.39. The number of nitrogens with zero attached hydrogens (tertiary/aromatic N) is 1. The first-order valence-corrected chi connectivity index (χ1v) is 6.01. The number of aliphatic hydroxyl groups excluding tert-OH is 2. The minimum Gasteiger partial charge on any atom is -0.389 e. The largest absolute Gasteiger partial charge is 0.389 e. The van der Waals surface area contributed by atoms with E-state index in [0.29, 0.717) is 0 Å². The first kappa shape index (κ1) is 11.2. The van der Waals surface area contributed by atoms with E-state index in [1.165, 1.54) is 0 Å². The second-order valence-corrected chi connectivity index (χ2v) is 5.42. The lowest BCUT2D eigenvalue weighted by Crippen LogP contribution is -2.32. The average molecular weight is 230 g/mol. The van der Waals surface area contributed by atoms with Crippen LogP contribution in [0.5, 0.6) is 0 Å². The van der Waals surface area contributed by atoms with E-state index in [9.17, 15) is 8.42 Å². The van der Waals surface area contributed by atoms with Crippen LogP contribution in [0.2, 0.25) is 0 Å². The highest BCUT2D eigenvalue weighted by molar-refractivity contribution is 7.89. The fraction of sp³-hybridized carbons (Fsp3) is 1.00. The van der Waals surface area contributed by atoms with Crippen molar-refractivity contribution in [1.29, 1.82) is 0 Å². The van der Waals surface area contributed by atoms with Crippen molar-refractivity contribution >= 4 is 21.6 Å². The second kappa shape index (κ2) is 4.10. The predicted molar refractivity (Wildman–Crippen MR) is 48.1 cm³/mol. The summed E-state index contributed by atoms with van der Waals surface area (Å²) in [5.74, 6) is -0.140. The van der Waals surface area contributed by atoms with Gasteiger partial charge in [0, 0.05) is 19.0 Å². The summed E-state index contributed by atoms with van der Waals surface area (Å²) in [5, 5.41) is 18.2. The monoisotopic (exact) mass is 229 g/mol. The normalized spacial score (nSPS) is 31.0. The zero-order chi connectivity index (χ0) is 10.1. The van der Waals surface area contributed by atoms with Crippen molar-refractivity contribution in [2.24, 2.45) is 0 Å². The third-order valence-electron chi connectivity index (χ3n) is 1.95. The standard InChI is InChI=1S/C6H12ClNO4S/c7-1-2-13(11,12)8-3-5(9)6(10)4-8/h5-6,9-10H,1-4H2/t5-,6+. The van der Waals surface area contributed by atoms with Gasteiger partial charge in [0.15, 0.2) is 0 Å². The number of halogens is 1. The highest BCUT2D eigenvalue weighted by atomic mass is 35.5. The highest BCUT2D eigenvalue weighted by Gasteiger charge is 2.36. The summed E-state index contributed by atoms with van der Waals surface area (Å²) in [6, 6.07) is 0. The molecule has 0 aromatic carbocycles. The Morgan fingerprint density at radius 2 is 1.77 bits per heavy atom. The van der Waals surface area contributed by atoms with Gasteiger partial charge in [-0.25, -0.2) is 8.42 Å². The van der Waals surface area contributed by atoms with E-state index >= 15 is 0 Å². The molecule has 78 valence electrons. The van der Waals surface area contributed by atoms with Gasteiger partial charge in [-0.3, -0.25) is 0 Å². The van der Waals surface area contributed by atoms with Gasteiger partial charge >= 0.3 is 0 Å². The number of β-amino-alcohol motifs (C(OH)–C–C–N with tert-alkyl or cyclic N) is 2. The van der Waals surface area contributed by atoms with Gasteiger partial charge in [-0.1, -0.05) is 0 Å². The van der Waals surface area contributed by atoms with Gasteiger partial charge in [-0.2, -0.15) is 4.31 Å². The first-order chi connectivity index (χ1) is 5.97. The molecular weight excluding hydrogens is 218 g/mol. The molecule has 2 atom stereocenters. The number of hydrogen-bond acceptors (Lipinski definition) is 4. The molecule has 1 saturated heterocycles. The Morgan fingerprint density at radius 3 is 2.15 bits per heavy atom. The SMILES string of the molecule is O=S(=O)(CCCl)N1C[C@@H](O)[C@@H](O)C1. The van der Waals surface area contributed by atoms with E-state index in [1.807, 2.05) is 0 Å². The lowest BCUT2D eigenvalue weighted by Gasteiger charge is -2.13. The molecule has 0 aliphatic carbocycles. The molecule has 5 nitrogen and oxygen atoms in total. The second-order valence-electron chi connectivity index (χ2n) is 2.96. The van der Waals surface area contributed by atoms with Gasteiger partial charge in [-0.05, 0) is 0 Å². The maximum absolute atomic E-state index is 11.3. The molecule has 0 amide bonds. The maximum atomic E-state index is 11.3. The molecule has 0 bridgehead atoms. The van der Waals surface area contributed by atoms with Crippen molar-refractivity contribution in [3.8, 4) is 0 Å². The molecule has 7 heteroatoms. The molecule has 2 N–H and O–H groups in total. The average Bonchev–Trinajstić information content (AvgIpc) is 2.33. The van der Waals surface area contributed by atoms with Gasteiger partial charge in [0.05, 0.1) is 18.0 Å². The van der Waals surface area contributed by atoms with Crippen LogP contribution in [0, 0.1) is 0 Å². The zero-order valence-electron chi connectivity index (χ0n) is 6.93. The molecule has 0 radical (unpaired) electrons. The third kappa shape index (κ3) is 2.54. The zero-order valence-corrected chi connectivity index (χ0v) is 8.50. The van der Waals surface area contributed by atoms with Crippen LogP contribution >= 0.6 is 11.6 Å². The number of sulfonamides is 1. The molecule has 0 aromatic heterocycles. The van der Waals surface area contributed by atoms with Crippen LogP contribution in [0.4, 0.5) is 0 Å². The predicted octanol–water partition coefficient (Wildman–Crippen LogP) is -1.41. The van der Waals surface area contributed by atoms with E-state index in [2.05, 4.69) is 0 Å².